The van der Waals surface area contributed by atoms with E-state index in [4.69, 9.17) is 20.3 Å². The predicted octanol–water partition coefficient (Wildman–Crippen LogP) is 3.60. The van der Waals surface area contributed by atoms with Crippen molar-refractivity contribution in [2.75, 3.05) is 7.11 Å². The number of ether oxygens (including phenoxy) is 2. The van der Waals surface area contributed by atoms with Crippen LogP contribution in [0.15, 0.2) is 60.7 Å². The summed E-state index contributed by atoms with van der Waals surface area (Å²) in [6.45, 7) is 0. The third kappa shape index (κ3) is 3.72. The van der Waals surface area contributed by atoms with Crippen molar-refractivity contribution in [3.05, 3.63) is 66.2 Å². The SMILES string of the molecule is COc1ccc2c(Oc3ccccc3C[C@H](N)C(=O)O)cccc2c1. The number of hydrogen-bond acceptors (Lipinski definition) is 4. The van der Waals surface area contributed by atoms with Crippen molar-refractivity contribution in [1.29, 1.82) is 0 Å². The van der Waals surface area contributed by atoms with Crippen LogP contribution in [-0.4, -0.2) is 24.2 Å². The lowest BCUT2D eigenvalue weighted by atomic mass is 10.1. The Morgan fingerprint density at radius 3 is 2.60 bits per heavy atom. The minimum Gasteiger partial charge on any atom is -0.497 e. The normalized spacial score (nSPS) is 11.9. The van der Waals surface area contributed by atoms with Gasteiger partial charge in [0.15, 0.2) is 0 Å². The van der Waals surface area contributed by atoms with Crippen molar-refractivity contribution in [1.82, 2.24) is 0 Å². The highest BCUT2D eigenvalue weighted by Gasteiger charge is 2.15. The maximum Gasteiger partial charge on any atom is 0.320 e. The summed E-state index contributed by atoms with van der Waals surface area (Å²) in [7, 11) is 1.63. The molecule has 0 amide bonds. The molecule has 0 spiro atoms. The highest BCUT2D eigenvalue weighted by molar-refractivity contribution is 5.89. The van der Waals surface area contributed by atoms with E-state index >= 15 is 0 Å². The Balaban J connectivity index is 1.95. The molecule has 5 nitrogen and oxygen atoms in total. The number of hydrogen-bond donors (Lipinski definition) is 2. The van der Waals surface area contributed by atoms with Crippen molar-refractivity contribution in [3.8, 4) is 17.2 Å². The monoisotopic (exact) mass is 337 g/mol. The van der Waals surface area contributed by atoms with Gasteiger partial charge in [-0.3, -0.25) is 4.79 Å². The summed E-state index contributed by atoms with van der Waals surface area (Å²) in [6.07, 6.45) is 0.199. The molecule has 0 radical (unpaired) electrons. The lowest BCUT2D eigenvalue weighted by Gasteiger charge is -2.14. The lowest BCUT2D eigenvalue weighted by Crippen LogP contribution is -2.32. The number of aliphatic carboxylic acids is 1. The molecule has 0 saturated heterocycles. The third-order valence-electron chi connectivity index (χ3n) is 4.00. The zero-order chi connectivity index (χ0) is 17.8. The van der Waals surface area contributed by atoms with Gasteiger partial charge in [-0.1, -0.05) is 30.3 Å². The molecule has 3 aromatic rings. The van der Waals surface area contributed by atoms with E-state index < -0.39 is 12.0 Å². The van der Waals surface area contributed by atoms with Crippen LogP contribution in [0.3, 0.4) is 0 Å². The highest BCUT2D eigenvalue weighted by Crippen LogP contribution is 2.33. The maximum absolute atomic E-state index is 11.0. The molecule has 0 saturated carbocycles. The topological polar surface area (TPSA) is 81.8 Å². The minimum atomic E-state index is -1.04. The molecule has 3 rings (SSSR count). The van der Waals surface area contributed by atoms with Crippen molar-refractivity contribution < 1.29 is 19.4 Å². The summed E-state index contributed by atoms with van der Waals surface area (Å²) < 4.78 is 11.3. The first-order valence-corrected chi connectivity index (χ1v) is 7.89. The van der Waals surface area contributed by atoms with Gasteiger partial charge in [0.1, 0.15) is 23.3 Å². The van der Waals surface area contributed by atoms with Crippen LogP contribution in [0.25, 0.3) is 10.8 Å². The summed E-state index contributed by atoms with van der Waals surface area (Å²) in [5.74, 6) is 1.03. The number of benzene rings is 3. The average molecular weight is 337 g/mol. The summed E-state index contributed by atoms with van der Waals surface area (Å²) >= 11 is 0. The van der Waals surface area contributed by atoms with E-state index in [-0.39, 0.29) is 6.42 Å². The van der Waals surface area contributed by atoms with Gasteiger partial charge >= 0.3 is 5.97 Å². The van der Waals surface area contributed by atoms with Crippen LogP contribution < -0.4 is 15.2 Å². The highest BCUT2D eigenvalue weighted by atomic mass is 16.5. The van der Waals surface area contributed by atoms with Gasteiger partial charge < -0.3 is 20.3 Å². The molecule has 128 valence electrons. The van der Waals surface area contributed by atoms with Gasteiger partial charge in [-0.15, -0.1) is 0 Å². The summed E-state index contributed by atoms with van der Waals surface area (Å²) in [5, 5.41) is 11.0. The molecular weight excluding hydrogens is 318 g/mol. The number of para-hydroxylation sites is 1. The number of fused-ring (bicyclic) bond motifs is 1. The molecule has 0 heterocycles. The predicted molar refractivity (Wildman–Crippen MR) is 96.3 cm³/mol. The second kappa shape index (κ2) is 7.23. The van der Waals surface area contributed by atoms with E-state index in [2.05, 4.69) is 0 Å². The Labute approximate surface area is 145 Å². The first-order valence-electron chi connectivity index (χ1n) is 7.89. The number of carbonyl (C=O) groups is 1. The standard InChI is InChI=1S/C20H19NO4/c1-24-15-9-10-16-13(11-15)6-4-8-19(16)25-18-7-3-2-5-14(18)12-17(21)20(22)23/h2-11,17H,12,21H2,1H3,(H,22,23)/t17-/m0/s1. The third-order valence-corrected chi connectivity index (χ3v) is 4.00. The molecule has 25 heavy (non-hydrogen) atoms. The second-order valence-corrected chi connectivity index (χ2v) is 5.70. The number of carboxylic acids is 1. The van der Waals surface area contributed by atoms with Crippen molar-refractivity contribution in [2.24, 2.45) is 5.73 Å². The first-order chi connectivity index (χ1) is 12.1. The Hall–Kier alpha value is -3.05. The Morgan fingerprint density at radius 1 is 1.08 bits per heavy atom. The second-order valence-electron chi connectivity index (χ2n) is 5.70. The minimum absolute atomic E-state index is 0.199. The van der Waals surface area contributed by atoms with Gasteiger partial charge in [-0.05, 0) is 41.3 Å². The van der Waals surface area contributed by atoms with E-state index in [1.54, 1.807) is 7.11 Å². The van der Waals surface area contributed by atoms with Gasteiger partial charge in [0.2, 0.25) is 0 Å². The van der Waals surface area contributed by atoms with Crippen LogP contribution in [0.2, 0.25) is 0 Å². The molecule has 0 aromatic heterocycles. The van der Waals surface area contributed by atoms with Crippen LogP contribution in [0.4, 0.5) is 0 Å². The van der Waals surface area contributed by atoms with E-state index in [0.29, 0.717) is 11.5 Å². The largest absolute Gasteiger partial charge is 0.497 e. The van der Waals surface area contributed by atoms with Crippen LogP contribution >= 0.6 is 0 Å². The van der Waals surface area contributed by atoms with Crippen molar-refractivity contribution in [2.45, 2.75) is 12.5 Å². The number of carboxylic acid groups (broad SMARTS) is 1. The maximum atomic E-state index is 11.0. The molecule has 3 aromatic carbocycles. The summed E-state index contributed by atoms with van der Waals surface area (Å²) in [5.41, 5.74) is 6.42. The van der Waals surface area contributed by atoms with E-state index in [1.165, 1.54) is 0 Å². The van der Waals surface area contributed by atoms with Crippen LogP contribution in [0, 0.1) is 0 Å². The lowest BCUT2D eigenvalue weighted by molar-refractivity contribution is -0.138. The molecular formula is C20H19NO4. The summed E-state index contributed by atoms with van der Waals surface area (Å²) in [6, 6.07) is 17.9. The van der Waals surface area contributed by atoms with Gasteiger partial charge in [-0.2, -0.15) is 0 Å². The number of methoxy groups -OCH3 is 1. The molecule has 3 N–H and O–H groups in total. The van der Waals surface area contributed by atoms with Gasteiger partial charge in [0.05, 0.1) is 7.11 Å². The quantitative estimate of drug-likeness (QED) is 0.718. The fraction of sp³-hybridized carbons (Fsp3) is 0.150. The van der Waals surface area contributed by atoms with Gasteiger partial charge in [-0.25, -0.2) is 0 Å². The fourth-order valence-electron chi connectivity index (χ4n) is 2.66. The van der Waals surface area contributed by atoms with E-state index in [1.807, 2.05) is 60.7 Å². The molecule has 0 unspecified atom stereocenters. The zero-order valence-electron chi connectivity index (χ0n) is 13.8. The van der Waals surface area contributed by atoms with E-state index in [0.717, 1.165) is 22.1 Å². The van der Waals surface area contributed by atoms with Crippen LogP contribution in [-0.2, 0) is 11.2 Å². The molecule has 0 fully saturated rings. The first kappa shape index (κ1) is 16.8. The van der Waals surface area contributed by atoms with Crippen molar-refractivity contribution in [3.63, 3.8) is 0 Å². The summed E-state index contributed by atoms with van der Waals surface area (Å²) in [4.78, 5) is 11.0. The number of rotatable bonds is 6. The smallest absolute Gasteiger partial charge is 0.320 e. The number of nitrogens with two attached hydrogens (primary N) is 1. The molecule has 0 bridgehead atoms. The van der Waals surface area contributed by atoms with Gasteiger partial charge in [0, 0.05) is 11.8 Å². The van der Waals surface area contributed by atoms with Gasteiger partial charge in [0.25, 0.3) is 0 Å². The zero-order valence-corrected chi connectivity index (χ0v) is 13.8. The Morgan fingerprint density at radius 2 is 1.84 bits per heavy atom. The Bertz CT molecular complexity index is 907. The molecule has 5 heteroatoms. The fourth-order valence-corrected chi connectivity index (χ4v) is 2.66. The molecule has 1 atom stereocenters. The molecule has 0 aliphatic rings. The molecule has 0 aliphatic heterocycles. The average Bonchev–Trinajstić information content (AvgIpc) is 2.63. The Kier molecular flexibility index (Phi) is 4.86. The van der Waals surface area contributed by atoms with Crippen LogP contribution in [0.5, 0.6) is 17.2 Å². The van der Waals surface area contributed by atoms with E-state index in [9.17, 15) is 4.79 Å². The van der Waals surface area contributed by atoms with Crippen LogP contribution in [0.1, 0.15) is 5.56 Å². The molecule has 0 aliphatic carbocycles. The van der Waals surface area contributed by atoms with Crippen molar-refractivity contribution >= 4 is 16.7 Å².